The van der Waals surface area contributed by atoms with Crippen LogP contribution in [0.1, 0.15) is 58.3 Å². The number of unbranched alkanes of at least 4 members (excludes halogenated alkanes) is 8. The van der Waals surface area contributed by atoms with E-state index in [0.29, 0.717) is 0 Å². The van der Waals surface area contributed by atoms with Crippen molar-refractivity contribution in [3.05, 3.63) is 67.7 Å². The van der Waals surface area contributed by atoms with E-state index in [1.807, 2.05) is 30.4 Å². The maximum atomic E-state index is 3.62. The summed E-state index contributed by atoms with van der Waals surface area (Å²) in [5.74, 6) is 0. The smallest absolute Gasteiger partial charge is 0.0348 e. The van der Waals surface area contributed by atoms with E-state index in [-0.39, 0.29) is 0 Å². The molecule has 1 radical (unpaired) electrons. The Hall–Kier alpha value is -1.30. The zero-order valence-corrected chi connectivity index (χ0v) is 13.1. The normalized spacial score (nSPS) is 12.4. The van der Waals surface area contributed by atoms with Crippen LogP contribution in [0.25, 0.3) is 0 Å². The van der Waals surface area contributed by atoms with Crippen LogP contribution >= 0.6 is 0 Å². The molecule has 111 valence electrons. The molecule has 0 nitrogen and oxygen atoms in total. The monoisotopic (exact) mass is 271 g/mol. The van der Waals surface area contributed by atoms with Crippen molar-refractivity contribution in [3.8, 4) is 0 Å². The van der Waals surface area contributed by atoms with Gasteiger partial charge in [0.05, 0.1) is 0 Å². The van der Waals surface area contributed by atoms with Crippen molar-refractivity contribution in [1.29, 1.82) is 0 Å². The van der Waals surface area contributed by atoms with Crippen molar-refractivity contribution in [3.63, 3.8) is 0 Å². The highest BCUT2D eigenvalue weighted by atomic mass is 14.0. The first-order valence-electron chi connectivity index (χ1n) is 8.01. The van der Waals surface area contributed by atoms with Crippen molar-refractivity contribution in [2.45, 2.75) is 58.3 Å². The second-order valence-corrected chi connectivity index (χ2v) is 4.89. The summed E-state index contributed by atoms with van der Waals surface area (Å²) in [5, 5.41) is 0. The molecule has 0 aromatic heterocycles. The Kier molecular flexibility index (Phi) is 16.5. The lowest BCUT2D eigenvalue weighted by molar-refractivity contribution is 0.632. The maximum absolute atomic E-state index is 3.62. The molecular weight excluding hydrogens is 240 g/mol. The van der Waals surface area contributed by atoms with Crippen LogP contribution in [0.4, 0.5) is 0 Å². The molecule has 0 fully saturated rings. The van der Waals surface area contributed by atoms with E-state index in [1.165, 1.54) is 51.4 Å². The van der Waals surface area contributed by atoms with Gasteiger partial charge in [0.1, 0.15) is 0 Å². The van der Waals surface area contributed by atoms with E-state index in [0.717, 1.165) is 0 Å². The summed E-state index contributed by atoms with van der Waals surface area (Å²) >= 11 is 0. The minimum Gasteiger partial charge on any atom is -0.0991 e. The zero-order valence-electron chi connectivity index (χ0n) is 13.1. The van der Waals surface area contributed by atoms with Crippen LogP contribution in [-0.4, -0.2) is 0 Å². The molecule has 0 unspecified atom stereocenters. The largest absolute Gasteiger partial charge is 0.0991 e. The predicted octanol–water partition coefficient (Wildman–Crippen LogP) is 6.74. The van der Waals surface area contributed by atoms with Gasteiger partial charge in [0, 0.05) is 0 Å². The Bertz CT molecular complexity index is 302. The lowest BCUT2D eigenvalue weighted by atomic mass is 10.1. The Morgan fingerprint density at radius 1 is 0.650 bits per heavy atom. The molecule has 0 amide bonds. The van der Waals surface area contributed by atoms with E-state index in [4.69, 9.17) is 0 Å². The van der Waals surface area contributed by atoms with Crippen LogP contribution in [0.2, 0.25) is 0 Å². The Balaban J connectivity index is 3.31. The highest BCUT2D eigenvalue weighted by Gasteiger charge is 1.90. The topological polar surface area (TPSA) is 0 Å². The molecule has 0 aromatic carbocycles. The first-order valence-corrected chi connectivity index (χ1v) is 8.01. The molecule has 0 atom stereocenters. The van der Waals surface area contributed by atoms with E-state index < -0.39 is 0 Å². The summed E-state index contributed by atoms with van der Waals surface area (Å²) < 4.78 is 0. The van der Waals surface area contributed by atoms with Crippen LogP contribution in [0.3, 0.4) is 0 Å². The van der Waals surface area contributed by atoms with Crippen molar-refractivity contribution in [2.75, 3.05) is 0 Å². The molecule has 0 aliphatic carbocycles. The van der Waals surface area contributed by atoms with Crippen molar-refractivity contribution in [1.82, 2.24) is 0 Å². The van der Waals surface area contributed by atoms with Crippen LogP contribution in [0.5, 0.6) is 0 Å². The fraction of sp³-hybridized carbons (Fsp3) is 0.450. The lowest BCUT2D eigenvalue weighted by Gasteiger charge is -1.99. The van der Waals surface area contributed by atoms with Gasteiger partial charge in [0.15, 0.2) is 0 Å². The van der Waals surface area contributed by atoms with E-state index in [2.05, 4.69) is 38.2 Å². The number of hydrogen-bond acceptors (Lipinski definition) is 0. The van der Waals surface area contributed by atoms with Gasteiger partial charge in [-0.3, -0.25) is 0 Å². The van der Waals surface area contributed by atoms with Gasteiger partial charge in [-0.25, -0.2) is 0 Å². The van der Waals surface area contributed by atoms with Gasteiger partial charge in [-0.1, -0.05) is 107 Å². The molecular formula is C20H31. The van der Waals surface area contributed by atoms with Crippen molar-refractivity contribution >= 4 is 0 Å². The third-order valence-electron chi connectivity index (χ3n) is 2.96. The summed E-state index contributed by atoms with van der Waals surface area (Å²) in [4.78, 5) is 0. The predicted molar refractivity (Wildman–Crippen MR) is 93.7 cm³/mol. The van der Waals surface area contributed by atoms with Gasteiger partial charge in [-0.2, -0.15) is 0 Å². The average molecular weight is 271 g/mol. The standard InChI is InChI=1S/C20H31/c1-3-5-7-9-11-13-15-17-19-20-18-16-14-12-10-8-6-4-2/h3,5,7-9,11,13,15,17,19H,1,4,6,10,12,14,16,18,20H2,2H3. The van der Waals surface area contributed by atoms with E-state index >= 15 is 0 Å². The summed E-state index contributed by atoms with van der Waals surface area (Å²) in [6, 6.07) is 0. The highest BCUT2D eigenvalue weighted by Crippen LogP contribution is 2.08. The minimum absolute atomic E-state index is 1.20. The summed E-state index contributed by atoms with van der Waals surface area (Å²) in [6.07, 6.45) is 31.1. The molecule has 0 rings (SSSR count). The minimum atomic E-state index is 1.20. The number of hydrogen-bond donors (Lipinski definition) is 0. The SMILES string of the molecule is C=CC=CC=CC=CC=CCCCCCC[CH]CCC. The molecule has 0 aliphatic rings. The van der Waals surface area contributed by atoms with Crippen LogP contribution < -0.4 is 0 Å². The Labute approximate surface area is 126 Å². The summed E-state index contributed by atoms with van der Waals surface area (Å²) in [6.45, 7) is 5.86. The lowest BCUT2D eigenvalue weighted by Crippen LogP contribution is -1.80. The molecule has 0 saturated carbocycles. The van der Waals surface area contributed by atoms with Gasteiger partial charge in [0.2, 0.25) is 0 Å². The van der Waals surface area contributed by atoms with Gasteiger partial charge in [-0.05, 0) is 19.3 Å². The van der Waals surface area contributed by atoms with Crippen LogP contribution in [0.15, 0.2) is 61.3 Å². The molecule has 0 heteroatoms. The number of rotatable bonds is 13. The molecule has 0 aromatic rings. The fourth-order valence-electron chi connectivity index (χ4n) is 1.83. The highest BCUT2D eigenvalue weighted by molar-refractivity contribution is 5.17. The maximum Gasteiger partial charge on any atom is -0.0348 e. The molecule has 0 bridgehead atoms. The molecule has 0 heterocycles. The molecule has 0 spiro atoms. The van der Waals surface area contributed by atoms with Crippen molar-refractivity contribution in [2.24, 2.45) is 0 Å². The molecule has 0 saturated heterocycles. The number of allylic oxidation sites excluding steroid dienone is 9. The molecule has 20 heavy (non-hydrogen) atoms. The first kappa shape index (κ1) is 18.7. The summed E-state index contributed by atoms with van der Waals surface area (Å²) in [5.41, 5.74) is 0. The Morgan fingerprint density at radius 3 is 1.90 bits per heavy atom. The summed E-state index contributed by atoms with van der Waals surface area (Å²) in [7, 11) is 0. The molecule has 0 aliphatic heterocycles. The van der Waals surface area contributed by atoms with Crippen LogP contribution in [-0.2, 0) is 0 Å². The third-order valence-corrected chi connectivity index (χ3v) is 2.96. The second-order valence-electron chi connectivity index (χ2n) is 4.89. The van der Waals surface area contributed by atoms with Crippen molar-refractivity contribution < 1.29 is 0 Å². The first-order chi connectivity index (χ1) is 9.91. The van der Waals surface area contributed by atoms with E-state index in [9.17, 15) is 0 Å². The third kappa shape index (κ3) is 16.7. The second kappa shape index (κ2) is 17.7. The van der Waals surface area contributed by atoms with Gasteiger partial charge in [0.25, 0.3) is 0 Å². The molecule has 0 N–H and O–H groups in total. The zero-order chi connectivity index (χ0) is 14.7. The average Bonchev–Trinajstić information content (AvgIpc) is 2.47. The van der Waals surface area contributed by atoms with Gasteiger partial charge in [-0.15, -0.1) is 0 Å². The van der Waals surface area contributed by atoms with Gasteiger partial charge >= 0.3 is 0 Å². The Morgan fingerprint density at radius 2 is 1.25 bits per heavy atom. The fourth-order valence-corrected chi connectivity index (χ4v) is 1.83. The van der Waals surface area contributed by atoms with Gasteiger partial charge < -0.3 is 0 Å². The quantitative estimate of drug-likeness (QED) is 0.257. The van der Waals surface area contributed by atoms with Crippen LogP contribution in [0, 0.1) is 6.42 Å². The van der Waals surface area contributed by atoms with E-state index in [1.54, 1.807) is 6.08 Å².